The van der Waals surface area contributed by atoms with Gasteiger partial charge in [-0.1, -0.05) is 50.1 Å². The van der Waals surface area contributed by atoms with Crippen LogP contribution in [0.3, 0.4) is 0 Å². The van der Waals surface area contributed by atoms with Crippen molar-refractivity contribution >= 4 is 0 Å². The molecule has 1 aromatic heterocycles. The van der Waals surface area contributed by atoms with E-state index in [-0.39, 0.29) is 11.3 Å². The molecule has 0 atom stereocenters. The molecule has 0 fully saturated rings. The summed E-state index contributed by atoms with van der Waals surface area (Å²) in [5, 5.41) is 10.1. The number of benzene rings is 1. The second-order valence-corrected chi connectivity index (χ2v) is 5.08. The normalized spacial score (nSPS) is 10.7. The van der Waals surface area contributed by atoms with Crippen molar-refractivity contribution in [1.82, 2.24) is 4.57 Å². The van der Waals surface area contributed by atoms with Crippen molar-refractivity contribution in [1.29, 1.82) is 0 Å². The largest absolute Gasteiger partial charge is 0.507 e. The van der Waals surface area contributed by atoms with E-state index >= 15 is 0 Å². The predicted molar refractivity (Wildman–Crippen MR) is 82.1 cm³/mol. The van der Waals surface area contributed by atoms with Gasteiger partial charge < -0.3 is 9.67 Å². The van der Waals surface area contributed by atoms with Crippen LogP contribution in [0.5, 0.6) is 5.75 Å². The van der Waals surface area contributed by atoms with E-state index in [0.29, 0.717) is 12.1 Å². The second kappa shape index (κ2) is 6.42. The summed E-state index contributed by atoms with van der Waals surface area (Å²) in [5.74, 6) is 0.0606. The summed E-state index contributed by atoms with van der Waals surface area (Å²) in [7, 11) is 0. The van der Waals surface area contributed by atoms with Gasteiger partial charge in [-0.3, -0.25) is 4.79 Å². The van der Waals surface area contributed by atoms with Gasteiger partial charge in [0, 0.05) is 18.3 Å². The van der Waals surface area contributed by atoms with Crippen LogP contribution in [-0.4, -0.2) is 9.67 Å². The third-order valence-electron chi connectivity index (χ3n) is 3.53. The van der Waals surface area contributed by atoms with E-state index < -0.39 is 0 Å². The van der Waals surface area contributed by atoms with Crippen LogP contribution >= 0.6 is 0 Å². The lowest BCUT2D eigenvalue weighted by Gasteiger charge is -2.13. The molecule has 106 valence electrons. The number of hydrogen-bond acceptors (Lipinski definition) is 2. The summed E-state index contributed by atoms with van der Waals surface area (Å²) in [6.07, 6.45) is 3.21. The molecule has 0 saturated heterocycles. The molecule has 1 heterocycles. The van der Waals surface area contributed by atoms with Gasteiger partial charge in [0.25, 0.3) is 5.56 Å². The monoisotopic (exact) mass is 271 g/mol. The Morgan fingerprint density at radius 3 is 2.50 bits per heavy atom. The number of aryl methyl sites for hydroxylation is 1. The highest BCUT2D eigenvalue weighted by Crippen LogP contribution is 2.26. The number of rotatable bonds is 5. The first-order valence-electron chi connectivity index (χ1n) is 7.14. The van der Waals surface area contributed by atoms with Crippen LogP contribution < -0.4 is 5.56 Å². The number of aromatic nitrogens is 1. The molecule has 0 radical (unpaired) electrons. The maximum absolute atomic E-state index is 12.6. The molecule has 0 saturated carbocycles. The van der Waals surface area contributed by atoms with Crippen LogP contribution in [0.15, 0.2) is 41.2 Å². The van der Waals surface area contributed by atoms with Crippen molar-refractivity contribution in [2.24, 2.45) is 0 Å². The Bertz CT molecular complexity index is 629. The van der Waals surface area contributed by atoms with Crippen LogP contribution in [0.25, 0.3) is 11.1 Å². The first kappa shape index (κ1) is 14.4. The Morgan fingerprint density at radius 2 is 1.85 bits per heavy atom. The number of nitrogens with zero attached hydrogens (tertiary/aromatic N) is 1. The molecule has 2 aromatic rings. The summed E-state index contributed by atoms with van der Waals surface area (Å²) in [4.78, 5) is 12.6. The summed E-state index contributed by atoms with van der Waals surface area (Å²) < 4.78 is 1.76. The lowest BCUT2D eigenvalue weighted by Crippen LogP contribution is -2.24. The summed E-state index contributed by atoms with van der Waals surface area (Å²) >= 11 is 0. The standard InChI is InChI=1S/C17H21NO2/c1-3-4-8-11-18-13(2)12-15(19)16(17(18)20)14-9-6-5-7-10-14/h5-7,9-10,12,19H,3-4,8,11H2,1-2H3. The van der Waals surface area contributed by atoms with Crippen molar-refractivity contribution in [3.63, 3.8) is 0 Å². The average molecular weight is 271 g/mol. The zero-order valence-corrected chi connectivity index (χ0v) is 12.1. The lowest BCUT2D eigenvalue weighted by molar-refractivity contribution is 0.470. The molecular weight excluding hydrogens is 250 g/mol. The molecule has 0 amide bonds. The zero-order chi connectivity index (χ0) is 14.5. The summed E-state index contributed by atoms with van der Waals surface area (Å²) in [6, 6.07) is 11.0. The Balaban J connectivity index is 2.48. The minimum atomic E-state index is -0.107. The van der Waals surface area contributed by atoms with Gasteiger partial charge in [0.1, 0.15) is 5.75 Å². The van der Waals surface area contributed by atoms with Gasteiger partial charge in [0.2, 0.25) is 0 Å². The molecule has 20 heavy (non-hydrogen) atoms. The topological polar surface area (TPSA) is 42.2 Å². The van der Waals surface area contributed by atoms with E-state index in [9.17, 15) is 9.90 Å². The Morgan fingerprint density at radius 1 is 1.15 bits per heavy atom. The maximum Gasteiger partial charge on any atom is 0.262 e. The van der Waals surface area contributed by atoms with Crippen LogP contribution in [0, 0.1) is 6.92 Å². The number of hydrogen-bond donors (Lipinski definition) is 1. The highest BCUT2D eigenvalue weighted by atomic mass is 16.3. The Hall–Kier alpha value is -2.03. The lowest BCUT2D eigenvalue weighted by atomic mass is 10.1. The van der Waals surface area contributed by atoms with E-state index in [1.54, 1.807) is 10.6 Å². The highest BCUT2D eigenvalue weighted by Gasteiger charge is 2.13. The molecule has 2 rings (SSSR count). The molecule has 3 heteroatoms. The van der Waals surface area contributed by atoms with Gasteiger partial charge in [-0.25, -0.2) is 0 Å². The highest BCUT2D eigenvalue weighted by molar-refractivity contribution is 5.69. The van der Waals surface area contributed by atoms with E-state index in [1.165, 1.54) is 0 Å². The average Bonchev–Trinajstić information content (AvgIpc) is 2.43. The molecule has 0 aliphatic carbocycles. The summed E-state index contributed by atoms with van der Waals surface area (Å²) in [5.41, 5.74) is 1.86. The van der Waals surface area contributed by atoms with E-state index in [2.05, 4.69) is 6.92 Å². The van der Waals surface area contributed by atoms with Gasteiger partial charge in [0.05, 0.1) is 5.56 Å². The SMILES string of the molecule is CCCCCn1c(C)cc(O)c(-c2ccccc2)c1=O. The van der Waals surface area contributed by atoms with Gasteiger partial charge >= 0.3 is 0 Å². The smallest absolute Gasteiger partial charge is 0.262 e. The van der Waals surface area contributed by atoms with Crippen LogP contribution in [0.1, 0.15) is 31.9 Å². The molecule has 0 spiro atoms. The minimum Gasteiger partial charge on any atom is -0.507 e. The molecule has 1 aromatic carbocycles. The van der Waals surface area contributed by atoms with Crippen molar-refractivity contribution in [3.8, 4) is 16.9 Å². The van der Waals surface area contributed by atoms with Crippen molar-refractivity contribution in [3.05, 3.63) is 52.4 Å². The van der Waals surface area contributed by atoms with E-state index in [0.717, 1.165) is 30.5 Å². The van der Waals surface area contributed by atoms with Crippen molar-refractivity contribution in [2.75, 3.05) is 0 Å². The first-order chi connectivity index (χ1) is 9.65. The second-order valence-electron chi connectivity index (χ2n) is 5.08. The molecule has 0 aliphatic heterocycles. The molecular formula is C17H21NO2. The van der Waals surface area contributed by atoms with Crippen LogP contribution in [0.2, 0.25) is 0 Å². The quantitative estimate of drug-likeness (QED) is 0.842. The molecule has 0 bridgehead atoms. The third-order valence-corrected chi connectivity index (χ3v) is 3.53. The zero-order valence-electron chi connectivity index (χ0n) is 12.1. The fourth-order valence-electron chi connectivity index (χ4n) is 2.43. The van der Waals surface area contributed by atoms with Gasteiger partial charge in [-0.15, -0.1) is 0 Å². The van der Waals surface area contributed by atoms with Crippen LogP contribution in [0.4, 0.5) is 0 Å². The molecule has 3 nitrogen and oxygen atoms in total. The van der Waals surface area contributed by atoms with E-state index in [1.807, 2.05) is 37.3 Å². The van der Waals surface area contributed by atoms with Crippen LogP contribution in [-0.2, 0) is 6.54 Å². The molecule has 0 unspecified atom stereocenters. The van der Waals surface area contributed by atoms with Gasteiger partial charge in [0.15, 0.2) is 0 Å². The number of pyridine rings is 1. The number of aromatic hydroxyl groups is 1. The Labute approximate surface area is 119 Å². The van der Waals surface area contributed by atoms with Crippen molar-refractivity contribution < 1.29 is 5.11 Å². The molecule has 0 aliphatic rings. The fourth-order valence-corrected chi connectivity index (χ4v) is 2.43. The first-order valence-corrected chi connectivity index (χ1v) is 7.14. The van der Waals surface area contributed by atoms with Gasteiger partial charge in [-0.2, -0.15) is 0 Å². The molecule has 1 N–H and O–H groups in total. The van der Waals surface area contributed by atoms with E-state index in [4.69, 9.17) is 0 Å². The fraction of sp³-hybridized carbons (Fsp3) is 0.353. The summed E-state index contributed by atoms with van der Waals surface area (Å²) in [6.45, 7) is 4.71. The van der Waals surface area contributed by atoms with Crippen molar-refractivity contribution in [2.45, 2.75) is 39.7 Å². The third kappa shape index (κ3) is 2.93. The Kier molecular flexibility index (Phi) is 4.61. The maximum atomic E-state index is 12.6. The predicted octanol–water partition coefficient (Wildman–Crippen LogP) is 3.72. The van der Waals surface area contributed by atoms with Gasteiger partial charge in [-0.05, 0) is 18.9 Å². The minimum absolute atomic E-state index is 0.0606. The number of unbranched alkanes of at least 4 members (excludes halogenated alkanes) is 2.